The minimum atomic E-state index is -0.733. The third-order valence-electron chi connectivity index (χ3n) is 5.47. The van der Waals surface area contributed by atoms with Crippen molar-refractivity contribution in [3.05, 3.63) is 69.8 Å². The number of benzene rings is 2. The van der Waals surface area contributed by atoms with Crippen LogP contribution in [0, 0.1) is 6.92 Å². The van der Waals surface area contributed by atoms with E-state index in [0.717, 1.165) is 24.2 Å². The number of likely N-dealkylation sites (tertiary alicyclic amines) is 1. The van der Waals surface area contributed by atoms with E-state index in [4.69, 9.17) is 21.1 Å². The molecule has 0 aromatic heterocycles. The average Bonchev–Trinajstić information content (AvgIpc) is 3.03. The summed E-state index contributed by atoms with van der Waals surface area (Å²) in [4.78, 5) is 27.2. The van der Waals surface area contributed by atoms with Crippen molar-refractivity contribution < 1.29 is 24.2 Å². The summed E-state index contributed by atoms with van der Waals surface area (Å²) < 4.78 is 10.9. The molecule has 3 rings (SSSR count). The molecule has 0 bridgehead atoms. The van der Waals surface area contributed by atoms with E-state index >= 15 is 0 Å². The summed E-state index contributed by atoms with van der Waals surface area (Å²) in [6.07, 6.45) is 1.99. The number of halogens is 1. The van der Waals surface area contributed by atoms with E-state index in [1.165, 1.54) is 12.0 Å². The maximum absolute atomic E-state index is 13.0. The van der Waals surface area contributed by atoms with Gasteiger partial charge >= 0.3 is 0 Å². The summed E-state index contributed by atoms with van der Waals surface area (Å²) >= 11 is 6.03. The zero-order valence-corrected chi connectivity index (χ0v) is 19.3. The molecule has 170 valence electrons. The zero-order chi connectivity index (χ0) is 23.3. The number of hydrogen-bond acceptors (Lipinski definition) is 5. The maximum Gasteiger partial charge on any atom is 0.295 e. The Balaban J connectivity index is 2.04. The monoisotopic (exact) mass is 457 g/mol. The van der Waals surface area contributed by atoms with Crippen LogP contribution in [0.2, 0.25) is 5.02 Å². The van der Waals surface area contributed by atoms with Gasteiger partial charge in [-0.15, -0.1) is 0 Å². The van der Waals surface area contributed by atoms with Crippen molar-refractivity contribution in [2.45, 2.75) is 32.7 Å². The van der Waals surface area contributed by atoms with Crippen molar-refractivity contribution in [3.8, 4) is 5.75 Å². The van der Waals surface area contributed by atoms with E-state index in [0.29, 0.717) is 22.8 Å². The Morgan fingerprint density at radius 1 is 1.12 bits per heavy atom. The Morgan fingerprint density at radius 2 is 1.84 bits per heavy atom. The number of rotatable bonds is 9. The Kier molecular flexibility index (Phi) is 7.94. The van der Waals surface area contributed by atoms with Crippen LogP contribution in [0.3, 0.4) is 0 Å². The molecule has 1 unspecified atom stereocenters. The number of carbonyl (C=O) groups is 2. The second kappa shape index (κ2) is 10.7. The van der Waals surface area contributed by atoms with Gasteiger partial charge in [0.25, 0.3) is 11.7 Å². The number of carbonyl (C=O) groups excluding carboxylic acids is 2. The van der Waals surface area contributed by atoms with Crippen molar-refractivity contribution in [2.24, 2.45) is 0 Å². The molecule has 0 aliphatic carbocycles. The summed E-state index contributed by atoms with van der Waals surface area (Å²) in [6.45, 7) is 5.07. The maximum atomic E-state index is 13.0. The molecule has 1 aliphatic heterocycles. The van der Waals surface area contributed by atoms with Crippen LogP contribution in [-0.4, -0.2) is 48.6 Å². The first-order valence-corrected chi connectivity index (χ1v) is 11.0. The lowest BCUT2D eigenvalue weighted by molar-refractivity contribution is -0.140. The number of ether oxygens (including phenoxy) is 2. The average molecular weight is 458 g/mol. The van der Waals surface area contributed by atoms with Gasteiger partial charge in [-0.3, -0.25) is 9.59 Å². The fourth-order valence-electron chi connectivity index (χ4n) is 3.73. The Morgan fingerprint density at radius 3 is 2.47 bits per heavy atom. The van der Waals surface area contributed by atoms with E-state index in [9.17, 15) is 14.7 Å². The molecule has 2 aromatic carbocycles. The molecule has 2 aromatic rings. The van der Waals surface area contributed by atoms with Crippen molar-refractivity contribution in [2.75, 3.05) is 26.9 Å². The Bertz CT molecular complexity index is 1020. The number of aliphatic hydroxyl groups is 1. The van der Waals surface area contributed by atoms with Gasteiger partial charge in [0, 0.05) is 24.2 Å². The summed E-state index contributed by atoms with van der Waals surface area (Å²) in [5.41, 5.74) is 2.02. The highest BCUT2D eigenvalue weighted by Gasteiger charge is 2.45. The molecule has 1 saturated heterocycles. The lowest BCUT2D eigenvalue weighted by Gasteiger charge is -2.25. The number of methoxy groups -OCH3 is 1. The van der Waals surface area contributed by atoms with Crippen LogP contribution in [0.25, 0.3) is 5.76 Å². The van der Waals surface area contributed by atoms with Gasteiger partial charge in [-0.2, -0.15) is 0 Å². The SMILES string of the molecule is CCCCOc1ccc(C(O)=C2C(=O)C(=O)N(CCOC)C2c2ccc(Cl)cc2)cc1C. The summed E-state index contributed by atoms with van der Waals surface area (Å²) in [5, 5.41) is 11.7. The normalized spacial score (nSPS) is 17.8. The van der Waals surface area contributed by atoms with Gasteiger partial charge in [0.05, 0.1) is 24.8 Å². The topological polar surface area (TPSA) is 76.1 Å². The zero-order valence-electron chi connectivity index (χ0n) is 18.6. The van der Waals surface area contributed by atoms with Crippen LogP contribution >= 0.6 is 11.6 Å². The van der Waals surface area contributed by atoms with Crippen molar-refractivity contribution in [1.29, 1.82) is 0 Å². The van der Waals surface area contributed by atoms with Crippen LogP contribution in [0.4, 0.5) is 0 Å². The minimum absolute atomic E-state index is 0.0486. The summed E-state index contributed by atoms with van der Waals surface area (Å²) in [6, 6.07) is 11.4. The highest BCUT2D eigenvalue weighted by Crippen LogP contribution is 2.40. The third kappa shape index (κ3) is 4.97. The first-order valence-electron chi connectivity index (χ1n) is 10.7. The predicted octanol–water partition coefficient (Wildman–Crippen LogP) is 4.90. The molecule has 7 heteroatoms. The Labute approximate surface area is 193 Å². The molecular weight excluding hydrogens is 430 g/mol. The van der Waals surface area contributed by atoms with E-state index < -0.39 is 17.7 Å². The number of amides is 1. The quantitative estimate of drug-likeness (QED) is 0.251. The van der Waals surface area contributed by atoms with Crippen LogP contribution in [0.15, 0.2) is 48.0 Å². The fraction of sp³-hybridized carbons (Fsp3) is 0.360. The number of aliphatic hydroxyl groups excluding tert-OH is 1. The minimum Gasteiger partial charge on any atom is -0.507 e. The molecule has 0 saturated carbocycles. The van der Waals surface area contributed by atoms with Gasteiger partial charge in [-0.1, -0.05) is 37.1 Å². The second-order valence-electron chi connectivity index (χ2n) is 7.72. The lowest BCUT2D eigenvalue weighted by atomic mass is 9.95. The summed E-state index contributed by atoms with van der Waals surface area (Å²) in [5.74, 6) is -0.879. The van der Waals surface area contributed by atoms with E-state index in [1.807, 2.05) is 6.92 Å². The van der Waals surface area contributed by atoms with Crippen LogP contribution in [0.1, 0.15) is 42.5 Å². The number of nitrogens with zero attached hydrogens (tertiary/aromatic N) is 1. The standard InChI is InChI=1S/C25H28ClNO5/c1-4-5-13-32-20-11-8-18(15-16(20)2)23(28)21-22(17-6-9-19(26)10-7-17)27(12-14-31-3)25(30)24(21)29/h6-11,15,22,28H,4-5,12-14H2,1-3H3. The van der Waals surface area contributed by atoms with Crippen LogP contribution in [0.5, 0.6) is 5.75 Å². The van der Waals surface area contributed by atoms with Crippen LogP contribution in [-0.2, 0) is 14.3 Å². The highest BCUT2D eigenvalue weighted by atomic mass is 35.5. The van der Waals surface area contributed by atoms with Gasteiger partial charge in [0.15, 0.2) is 0 Å². The summed E-state index contributed by atoms with van der Waals surface area (Å²) in [7, 11) is 1.53. The first kappa shape index (κ1) is 23.8. The third-order valence-corrected chi connectivity index (χ3v) is 5.72. The van der Waals surface area contributed by atoms with Gasteiger partial charge in [-0.25, -0.2) is 0 Å². The largest absolute Gasteiger partial charge is 0.507 e. The molecule has 1 atom stereocenters. The molecule has 1 N–H and O–H groups in total. The van der Waals surface area contributed by atoms with Crippen molar-refractivity contribution in [3.63, 3.8) is 0 Å². The number of ketones is 1. The van der Waals surface area contributed by atoms with E-state index in [-0.39, 0.29) is 24.5 Å². The van der Waals surface area contributed by atoms with Gasteiger partial charge in [0.2, 0.25) is 0 Å². The fourth-order valence-corrected chi connectivity index (χ4v) is 3.86. The van der Waals surface area contributed by atoms with Crippen molar-refractivity contribution in [1.82, 2.24) is 4.90 Å². The highest BCUT2D eigenvalue weighted by molar-refractivity contribution is 6.46. The number of aryl methyl sites for hydroxylation is 1. The second-order valence-corrected chi connectivity index (χ2v) is 8.16. The van der Waals surface area contributed by atoms with Crippen molar-refractivity contribution >= 4 is 29.1 Å². The molecule has 6 nitrogen and oxygen atoms in total. The van der Waals surface area contributed by atoms with E-state index in [1.54, 1.807) is 42.5 Å². The molecular formula is C25H28ClNO5. The first-order chi connectivity index (χ1) is 15.4. The van der Waals surface area contributed by atoms with Crippen LogP contribution < -0.4 is 4.74 Å². The Hall–Kier alpha value is -2.83. The molecule has 0 spiro atoms. The smallest absolute Gasteiger partial charge is 0.295 e. The predicted molar refractivity (Wildman–Crippen MR) is 124 cm³/mol. The molecule has 0 radical (unpaired) electrons. The number of Topliss-reactive ketones (excluding diaryl/α,β-unsaturated/α-hetero) is 1. The van der Waals surface area contributed by atoms with Gasteiger partial charge < -0.3 is 19.5 Å². The molecule has 1 aliphatic rings. The molecule has 1 fully saturated rings. The van der Waals surface area contributed by atoms with Gasteiger partial charge in [0.1, 0.15) is 11.5 Å². The molecule has 1 amide bonds. The molecule has 1 heterocycles. The molecule has 32 heavy (non-hydrogen) atoms. The van der Waals surface area contributed by atoms with E-state index in [2.05, 4.69) is 6.92 Å². The number of hydrogen-bond donors (Lipinski definition) is 1. The lowest BCUT2D eigenvalue weighted by Crippen LogP contribution is -2.32. The van der Waals surface area contributed by atoms with Gasteiger partial charge in [-0.05, 0) is 54.8 Å². The number of unbranched alkanes of at least 4 members (excludes halogenated alkanes) is 1.